The Labute approximate surface area is 178 Å². The Morgan fingerprint density at radius 1 is 1.19 bits per heavy atom. The smallest absolute Gasteiger partial charge is 0.293 e. The number of rotatable bonds is 6. The summed E-state index contributed by atoms with van der Waals surface area (Å²) in [5.41, 5.74) is 2.42. The van der Waals surface area contributed by atoms with Gasteiger partial charge in [0.25, 0.3) is 11.6 Å². The fourth-order valence-corrected chi connectivity index (χ4v) is 3.50. The fourth-order valence-electron chi connectivity index (χ4n) is 3.50. The summed E-state index contributed by atoms with van der Waals surface area (Å²) in [5, 5.41) is 18.6. The molecule has 0 bridgehead atoms. The molecule has 31 heavy (non-hydrogen) atoms. The van der Waals surface area contributed by atoms with E-state index in [-0.39, 0.29) is 23.2 Å². The third-order valence-corrected chi connectivity index (χ3v) is 5.21. The maximum atomic E-state index is 12.8. The summed E-state index contributed by atoms with van der Waals surface area (Å²) in [5.74, 6) is -0.371. The minimum atomic E-state index is -0.451. The molecule has 2 heterocycles. The number of nitrogens with one attached hydrogen (secondary N) is 1. The zero-order valence-electron chi connectivity index (χ0n) is 17.0. The first-order chi connectivity index (χ1) is 15.0. The minimum absolute atomic E-state index is 0.0839. The van der Waals surface area contributed by atoms with E-state index in [9.17, 15) is 14.9 Å². The van der Waals surface area contributed by atoms with E-state index >= 15 is 0 Å². The van der Waals surface area contributed by atoms with Crippen LogP contribution in [0.15, 0.2) is 55.1 Å². The molecule has 10 heteroatoms. The van der Waals surface area contributed by atoms with E-state index < -0.39 is 4.92 Å². The zero-order valence-corrected chi connectivity index (χ0v) is 17.0. The van der Waals surface area contributed by atoms with Crippen molar-refractivity contribution >= 4 is 17.3 Å². The summed E-state index contributed by atoms with van der Waals surface area (Å²) in [6.45, 7) is 4.06. The number of carbonyl (C=O) groups is 1. The van der Waals surface area contributed by atoms with Crippen LogP contribution in [0.25, 0.3) is 5.69 Å². The third kappa shape index (κ3) is 4.53. The maximum absolute atomic E-state index is 12.8. The van der Waals surface area contributed by atoms with Gasteiger partial charge in [0.1, 0.15) is 18.3 Å². The number of hydrogen-bond donors (Lipinski definition) is 1. The van der Waals surface area contributed by atoms with Crippen molar-refractivity contribution in [2.24, 2.45) is 0 Å². The lowest BCUT2D eigenvalue weighted by molar-refractivity contribution is -0.384. The van der Waals surface area contributed by atoms with Crippen LogP contribution in [-0.4, -0.2) is 51.9 Å². The number of anilines is 1. The standard InChI is InChI=1S/C21H22N6O4/c1-15(16-2-5-18(6-3-16)26-14-22-13-23-26)24-21(28)17-4-7-19(20(12-17)27(29)30)25-8-10-31-11-9-25/h2-7,12-15H,8-11H2,1H3,(H,24,28). The highest BCUT2D eigenvalue weighted by atomic mass is 16.6. The van der Waals surface area contributed by atoms with Gasteiger partial charge in [-0.05, 0) is 36.8 Å². The zero-order chi connectivity index (χ0) is 21.8. The number of hydrogen-bond acceptors (Lipinski definition) is 7. The Balaban J connectivity index is 1.48. The van der Waals surface area contributed by atoms with E-state index in [2.05, 4.69) is 15.4 Å². The van der Waals surface area contributed by atoms with Crippen LogP contribution < -0.4 is 10.2 Å². The SMILES string of the molecule is CC(NC(=O)c1ccc(N2CCOCC2)c([N+](=O)[O-])c1)c1ccc(-n2cncn2)cc1. The number of aromatic nitrogens is 3. The number of nitro groups is 1. The average Bonchev–Trinajstić information content (AvgIpc) is 3.34. The predicted octanol–water partition coefficient (Wildman–Crippen LogP) is 2.50. The van der Waals surface area contributed by atoms with Gasteiger partial charge < -0.3 is 15.0 Å². The number of morpholine rings is 1. The molecule has 160 valence electrons. The van der Waals surface area contributed by atoms with Crippen molar-refractivity contribution in [1.82, 2.24) is 20.1 Å². The molecule has 1 atom stereocenters. The van der Waals surface area contributed by atoms with Gasteiger partial charge in [0.2, 0.25) is 0 Å². The summed E-state index contributed by atoms with van der Waals surface area (Å²) < 4.78 is 6.96. The Bertz CT molecular complexity index is 1060. The number of nitro benzene ring substituents is 1. The number of carbonyl (C=O) groups excluding carboxylic acids is 1. The van der Waals surface area contributed by atoms with E-state index in [0.717, 1.165) is 11.3 Å². The van der Waals surface area contributed by atoms with Crippen molar-refractivity contribution < 1.29 is 14.5 Å². The first-order valence-corrected chi connectivity index (χ1v) is 9.90. The molecular formula is C21H22N6O4. The molecule has 1 aliphatic rings. The molecule has 1 N–H and O–H groups in total. The maximum Gasteiger partial charge on any atom is 0.293 e. The quantitative estimate of drug-likeness (QED) is 0.479. The molecule has 1 unspecified atom stereocenters. The van der Waals surface area contributed by atoms with E-state index in [0.29, 0.717) is 32.0 Å². The van der Waals surface area contributed by atoms with Crippen LogP contribution in [0, 0.1) is 10.1 Å². The Morgan fingerprint density at radius 3 is 2.58 bits per heavy atom. The van der Waals surface area contributed by atoms with Crippen LogP contribution in [0.5, 0.6) is 0 Å². The molecule has 0 saturated carbocycles. The van der Waals surface area contributed by atoms with E-state index in [4.69, 9.17) is 4.74 Å². The van der Waals surface area contributed by atoms with Crippen LogP contribution in [0.1, 0.15) is 28.9 Å². The van der Waals surface area contributed by atoms with Gasteiger partial charge in [-0.25, -0.2) is 9.67 Å². The van der Waals surface area contributed by atoms with Gasteiger partial charge in [-0.15, -0.1) is 0 Å². The van der Waals surface area contributed by atoms with Crippen LogP contribution in [0.4, 0.5) is 11.4 Å². The highest BCUT2D eigenvalue weighted by molar-refractivity contribution is 5.96. The molecule has 10 nitrogen and oxygen atoms in total. The molecule has 4 rings (SSSR count). The van der Waals surface area contributed by atoms with Crippen molar-refractivity contribution in [3.63, 3.8) is 0 Å². The molecule has 1 saturated heterocycles. The topological polar surface area (TPSA) is 115 Å². The Hall–Kier alpha value is -3.79. The van der Waals surface area contributed by atoms with Gasteiger partial charge in [-0.2, -0.15) is 5.10 Å². The Kier molecular flexibility index (Phi) is 5.89. The molecule has 0 spiro atoms. The number of ether oxygens (including phenoxy) is 1. The van der Waals surface area contributed by atoms with Crippen molar-refractivity contribution in [2.45, 2.75) is 13.0 Å². The molecule has 3 aromatic rings. The highest BCUT2D eigenvalue weighted by Crippen LogP contribution is 2.30. The molecule has 0 aliphatic carbocycles. The van der Waals surface area contributed by atoms with E-state index in [1.54, 1.807) is 23.1 Å². The van der Waals surface area contributed by atoms with Gasteiger partial charge >= 0.3 is 0 Å². The fraction of sp³-hybridized carbons (Fsp3) is 0.286. The molecule has 1 aromatic heterocycles. The van der Waals surface area contributed by atoms with Crippen molar-refractivity contribution in [1.29, 1.82) is 0 Å². The summed E-state index contributed by atoms with van der Waals surface area (Å²) in [4.78, 5) is 29.7. The highest BCUT2D eigenvalue weighted by Gasteiger charge is 2.24. The Morgan fingerprint density at radius 2 is 1.94 bits per heavy atom. The van der Waals surface area contributed by atoms with Gasteiger partial charge in [-0.3, -0.25) is 14.9 Å². The summed E-state index contributed by atoms with van der Waals surface area (Å²) in [6, 6.07) is 11.9. The number of nitrogens with zero attached hydrogens (tertiary/aromatic N) is 5. The summed E-state index contributed by atoms with van der Waals surface area (Å²) >= 11 is 0. The third-order valence-electron chi connectivity index (χ3n) is 5.21. The lowest BCUT2D eigenvalue weighted by Gasteiger charge is -2.28. The van der Waals surface area contributed by atoms with Gasteiger partial charge in [0.15, 0.2) is 0 Å². The van der Waals surface area contributed by atoms with Crippen LogP contribution in [-0.2, 0) is 4.74 Å². The number of benzene rings is 2. The molecule has 1 fully saturated rings. The normalized spacial score (nSPS) is 14.8. The molecule has 2 aromatic carbocycles. The molecular weight excluding hydrogens is 400 g/mol. The van der Waals surface area contributed by atoms with Crippen LogP contribution in [0.2, 0.25) is 0 Å². The van der Waals surface area contributed by atoms with Gasteiger partial charge in [0, 0.05) is 24.7 Å². The largest absolute Gasteiger partial charge is 0.378 e. The molecule has 1 amide bonds. The minimum Gasteiger partial charge on any atom is -0.378 e. The summed E-state index contributed by atoms with van der Waals surface area (Å²) in [7, 11) is 0. The van der Waals surface area contributed by atoms with E-state index in [1.807, 2.05) is 36.1 Å². The second-order valence-corrected chi connectivity index (χ2v) is 7.19. The lowest BCUT2D eigenvalue weighted by atomic mass is 10.1. The monoisotopic (exact) mass is 422 g/mol. The molecule has 0 radical (unpaired) electrons. The number of amides is 1. The van der Waals surface area contributed by atoms with Crippen molar-refractivity contribution in [2.75, 3.05) is 31.2 Å². The summed E-state index contributed by atoms with van der Waals surface area (Å²) in [6.07, 6.45) is 3.06. The van der Waals surface area contributed by atoms with Gasteiger partial charge in [0.05, 0.1) is 29.9 Å². The van der Waals surface area contributed by atoms with Crippen molar-refractivity contribution in [3.05, 3.63) is 76.4 Å². The van der Waals surface area contributed by atoms with E-state index in [1.165, 1.54) is 12.4 Å². The second-order valence-electron chi connectivity index (χ2n) is 7.19. The van der Waals surface area contributed by atoms with Crippen molar-refractivity contribution in [3.8, 4) is 5.69 Å². The molecule has 1 aliphatic heterocycles. The first-order valence-electron chi connectivity index (χ1n) is 9.90. The van der Waals surface area contributed by atoms with Crippen LogP contribution in [0.3, 0.4) is 0 Å². The first kappa shape index (κ1) is 20.5. The second kappa shape index (κ2) is 8.92. The predicted molar refractivity (Wildman–Crippen MR) is 113 cm³/mol. The lowest BCUT2D eigenvalue weighted by Crippen LogP contribution is -2.36. The van der Waals surface area contributed by atoms with Gasteiger partial charge in [-0.1, -0.05) is 12.1 Å². The van der Waals surface area contributed by atoms with Crippen LogP contribution >= 0.6 is 0 Å². The average molecular weight is 422 g/mol.